The van der Waals surface area contributed by atoms with Crippen LogP contribution in [0.5, 0.6) is 5.75 Å². The molecule has 6 nitrogen and oxygen atoms in total. The van der Waals surface area contributed by atoms with E-state index in [-0.39, 0.29) is 18.9 Å². The van der Waals surface area contributed by atoms with Gasteiger partial charge in [0.25, 0.3) is 0 Å². The maximum atomic E-state index is 12.9. The van der Waals surface area contributed by atoms with Gasteiger partial charge in [-0.25, -0.2) is 9.78 Å². The zero-order valence-electron chi connectivity index (χ0n) is 15.9. The summed E-state index contributed by atoms with van der Waals surface area (Å²) in [5.74, 6) is 0.700. The van der Waals surface area contributed by atoms with E-state index in [0.717, 1.165) is 11.1 Å². The Labute approximate surface area is 168 Å². The van der Waals surface area contributed by atoms with E-state index in [1.54, 1.807) is 43.3 Å². The standard InChI is InChI=1S/C23H20N2O4/c1-16-24-21-13-19(10-11-22(21)29-16)25(14-18-8-5-9-20(26)12-18)23(27)28-15-17-6-3-2-4-7-17/h2-13,26H,14-15H2,1H3. The summed E-state index contributed by atoms with van der Waals surface area (Å²) in [6.07, 6.45) is -0.489. The Morgan fingerprint density at radius 3 is 2.62 bits per heavy atom. The molecule has 6 heteroatoms. The quantitative estimate of drug-likeness (QED) is 0.509. The lowest BCUT2D eigenvalue weighted by Crippen LogP contribution is -2.31. The minimum Gasteiger partial charge on any atom is -0.508 e. The predicted molar refractivity (Wildman–Crippen MR) is 110 cm³/mol. The number of carbonyl (C=O) groups excluding carboxylic acids is 1. The van der Waals surface area contributed by atoms with E-state index in [1.807, 2.05) is 36.4 Å². The third-order valence-electron chi connectivity index (χ3n) is 4.47. The molecular weight excluding hydrogens is 368 g/mol. The Morgan fingerprint density at radius 1 is 1.03 bits per heavy atom. The van der Waals surface area contributed by atoms with Crippen LogP contribution in [0.25, 0.3) is 11.1 Å². The smallest absolute Gasteiger partial charge is 0.414 e. The average Bonchev–Trinajstić information content (AvgIpc) is 3.10. The van der Waals surface area contributed by atoms with Crippen molar-refractivity contribution in [2.24, 2.45) is 0 Å². The summed E-state index contributed by atoms with van der Waals surface area (Å²) in [7, 11) is 0. The van der Waals surface area contributed by atoms with E-state index in [2.05, 4.69) is 4.98 Å². The predicted octanol–water partition coefficient (Wildman–Crippen LogP) is 5.19. The second kappa shape index (κ2) is 8.06. The molecule has 0 aliphatic heterocycles. The SMILES string of the molecule is Cc1nc2cc(N(Cc3cccc(O)c3)C(=O)OCc3ccccc3)ccc2o1. The van der Waals surface area contributed by atoms with Crippen molar-refractivity contribution in [2.75, 3.05) is 4.90 Å². The molecule has 0 bridgehead atoms. The van der Waals surface area contributed by atoms with Crippen LogP contribution < -0.4 is 4.90 Å². The molecule has 146 valence electrons. The van der Waals surface area contributed by atoms with Gasteiger partial charge in [-0.05, 0) is 41.5 Å². The Kier molecular flexibility index (Phi) is 5.16. The fourth-order valence-corrected chi connectivity index (χ4v) is 3.09. The van der Waals surface area contributed by atoms with Crippen molar-refractivity contribution in [3.8, 4) is 5.75 Å². The number of nitrogens with zero attached hydrogens (tertiary/aromatic N) is 2. The number of hydrogen-bond acceptors (Lipinski definition) is 5. The highest BCUT2D eigenvalue weighted by Crippen LogP contribution is 2.25. The molecule has 1 heterocycles. The van der Waals surface area contributed by atoms with Crippen LogP contribution in [0.3, 0.4) is 0 Å². The van der Waals surface area contributed by atoms with Crippen LogP contribution in [-0.2, 0) is 17.9 Å². The van der Waals surface area contributed by atoms with E-state index < -0.39 is 6.09 Å². The lowest BCUT2D eigenvalue weighted by molar-refractivity contribution is 0.146. The number of rotatable bonds is 5. The molecule has 0 saturated heterocycles. The summed E-state index contributed by atoms with van der Waals surface area (Å²) in [5, 5.41) is 9.77. The summed E-state index contributed by atoms with van der Waals surface area (Å²) in [6, 6.07) is 21.7. The molecule has 0 aliphatic rings. The number of oxazole rings is 1. The molecule has 0 unspecified atom stereocenters. The van der Waals surface area contributed by atoms with Crippen LogP contribution in [0.4, 0.5) is 10.5 Å². The van der Waals surface area contributed by atoms with Crippen molar-refractivity contribution in [1.82, 2.24) is 4.98 Å². The van der Waals surface area contributed by atoms with Crippen LogP contribution in [0.15, 0.2) is 77.2 Å². The number of aromatic nitrogens is 1. The minimum absolute atomic E-state index is 0.141. The number of hydrogen-bond donors (Lipinski definition) is 1. The van der Waals surface area contributed by atoms with Crippen molar-refractivity contribution in [3.05, 3.63) is 89.8 Å². The molecule has 4 aromatic rings. The molecular formula is C23H20N2O4. The van der Waals surface area contributed by atoms with Crippen LogP contribution >= 0.6 is 0 Å². The number of phenolic OH excluding ortho intramolecular Hbond substituents is 1. The van der Waals surface area contributed by atoms with Gasteiger partial charge in [-0.2, -0.15) is 0 Å². The third kappa shape index (κ3) is 4.38. The largest absolute Gasteiger partial charge is 0.508 e. The van der Waals surface area contributed by atoms with Crippen molar-refractivity contribution in [2.45, 2.75) is 20.1 Å². The molecule has 4 rings (SSSR count). The highest BCUT2D eigenvalue weighted by atomic mass is 16.6. The molecule has 0 saturated carbocycles. The van der Waals surface area contributed by atoms with Gasteiger partial charge in [-0.15, -0.1) is 0 Å². The molecule has 0 spiro atoms. The summed E-state index contributed by atoms with van der Waals surface area (Å²) in [5.41, 5.74) is 3.63. The number of aromatic hydroxyl groups is 1. The van der Waals surface area contributed by atoms with E-state index in [4.69, 9.17) is 9.15 Å². The second-order valence-electron chi connectivity index (χ2n) is 6.68. The number of phenols is 1. The van der Waals surface area contributed by atoms with E-state index in [1.165, 1.54) is 4.90 Å². The molecule has 1 N–H and O–H groups in total. The van der Waals surface area contributed by atoms with Crippen molar-refractivity contribution < 1.29 is 19.1 Å². The monoisotopic (exact) mass is 388 g/mol. The van der Waals surface area contributed by atoms with Gasteiger partial charge in [0, 0.05) is 12.6 Å². The molecule has 0 aliphatic carbocycles. The summed E-state index contributed by atoms with van der Waals surface area (Å²) >= 11 is 0. The van der Waals surface area contributed by atoms with E-state index in [0.29, 0.717) is 22.7 Å². The first-order chi connectivity index (χ1) is 14.1. The number of carbonyl (C=O) groups is 1. The Morgan fingerprint density at radius 2 is 1.83 bits per heavy atom. The van der Waals surface area contributed by atoms with Crippen LogP contribution in [0.2, 0.25) is 0 Å². The summed E-state index contributed by atoms with van der Waals surface area (Å²) in [4.78, 5) is 18.8. The van der Waals surface area contributed by atoms with Crippen LogP contribution in [-0.4, -0.2) is 16.2 Å². The van der Waals surface area contributed by atoms with Gasteiger partial charge in [0.05, 0.1) is 6.54 Å². The molecule has 0 radical (unpaired) electrons. The molecule has 0 fully saturated rings. The summed E-state index contributed by atoms with van der Waals surface area (Å²) < 4.78 is 11.1. The topological polar surface area (TPSA) is 75.8 Å². The van der Waals surface area contributed by atoms with E-state index in [9.17, 15) is 9.90 Å². The number of amides is 1. The highest BCUT2D eigenvalue weighted by Gasteiger charge is 2.19. The van der Waals surface area contributed by atoms with Gasteiger partial charge in [0.15, 0.2) is 11.5 Å². The Balaban J connectivity index is 1.62. The van der Waals surface area contributed by atoms with Gasteiger partial charge >= 0.3 is 6.09 Å². The zero-order chi connectivity index (χ0) is 20.2. The maximum absolute atomic E-state index is 12.9. The molecule has 1 amide bonds. The molecule has 29 heavy (non-hydrogen) atoms. The average molecular weight is 388 g/mol. The Bertz CT molecular complexity index is 1140. The number of anilines is 1. The Hall–Kier alpha value is -3.80. The molecule has 3 aromatic carbocycles. The normalized spacial score (nSPS) is 10.8. The number of aryl methyl sites for hydroxylation is 1. The highest BCUT2D eigenvalue weighted by molar-refractivity contribution is 5.90. The van der Waals surface area contributed by atoms with Gasteiger partial charge in [0.1, 0.15) is 17.9 Å². The van der Waals surface area contributed by atoms with Crippen molar-refractivity contribution >= 4 is 22.9 Å². The van der Waals surface area contributed by atoms with Gasteiger partial charge < -0.3 is 14.3 Å². The van der Waals surface area contributed by atoms with Gasteiger partial charge in [-0.3, -0.25) is 4.90 Å². The van der Waals surface area contributed by atoms with Crippen molar-refractivity contribution in [3.63, 3.8) is 0 Å². The minimum atomic E-state index is -0.489. The first kappa shape index (κ1) is 18.6. The van der Waals surface area contributed by atoms with Crippen molar-refractivity contribution in [1.29, 1.82) is 0 Å². The lowest BCUT2D eigenvalue weighted by atomic mass is 10.2. The zero-order valence-corrected chi connectivity index (χ0v) is 15.9. The fourth-order valence-electron chi connectivity index (χ4n) is 3.09. The maximum Gasteiger partial charge on any atom is 0.414 e. The first-order valence-electron chi connectivity index (χ1n) is 9.22. The number of ether oxygens (including phenoxy) is 1. The van der Waals surface area contributed by atoms with Gasteiger partial charge in [0.2, 0.25) is 0 Å². The molecule has 0 atom stereocenters. The second-order valence-corrected chi connectivity index (χ2v) is 6.68. The van der Waals surface area contributed by atoms with Crippen LogP contribution in [0, 0.1) is 6.92 Å². The first-order valence-corrected chi connectivity index (χ1v) is 9.22. The lowest BCUT2D eigenvalue weighted by Gasteiger charge is -2.22. The number of fused-ring (bicyclic) bond motifs is 1. The summed E-state index contributed by atoms with van der Waals surface area (Å²) in [6.45, 7) is 2.18. The number of benzene rings is 3. The van der Waals surface area contributed by atoms with Gasteiger partial charge in [-0.1, -0.05) is 42.5 Å². The van der Waals surface area contributed by atoms with E-state index >= 15 is 0 Å². The third-order valence-corrected chi connectivity index (χ3v) is 4.47. The molecule has 1 aromatic heterocycles. The fraction of sp³-hybridized carbons (Fsp3) is 0.130. The van der Waals surface area contributed by atoms with Crippen LogP contribution in [0.1, 0.15) is 17.0 Å².